The molecule has 1 aromatic carbocycles. The van der Waals surface area contributed by atoms with Crippen LogP contribution in [0.1, 0.15) is 5.56 Å². The van der Waals surface area contributed by atoms with Crippen molar-refractivity contribution in [3.05, 3.63) is 28.0 Å². The van der Waals surface area contributed by atoms with E-state index in [2.05, 4.69) is 21.1 Å². The summed E-state index contributed by atoms with van der Waals surface area (Å²) < 4.78 is 19.0. The average molecular weight is 323 g/mol. The van der Waals surface area contributed by atoms with E-state index in [0.29, 0.717) is 22.8 Å². The van der Waals surface area contributed by atoms with Crippen molar-refractivity contribution in [2.45, 2.75) is 4.90 Å². The number of rotatable bonds is 5. The number of hydrogen-bond donors (Lipinski definition) is 2. The molecular weight excluding hydrogens is 311 g/mol. The zero-order chi connectivity index (χ0) is 12.8. The van der Waals surface area contributed by atoms with Crippen LogP contribution < -0.4 is 5.73 Å². The summed E-state index contributed by atoms with van der Waals surface area (Å²) in [5, 5.41) is 11.4. The van der Waals surface area contributed by atoms with Crippen molar-refractivity contribution in [1.29, 1.82) is 0 Å². The van der Waals surface area contributed by atoms with Gasteiger partial charge in [0.2, 0.25) is 0 Å². The number of oxime groups is 1. The van der Waals surface area contributed by atoms with Crippen LogP contribution in [0, 0.1) is 5.82 Å². The highest BCUT2D eigenvalue weighted by molar-refractivity contribution is 9.10. The molecule has 3 N–H and O–H groups in total. The Morgan fingerprint density at radius 2 is 2.35 bits per heavy atom. The number of nitrogens with zero attached hydrogens (tertiary/aromatic N) is 1. The molecule has 7 heteroatoms. The van der Waals surface area contributed by atoms with Crippen LogP contribution in [0.4, 0.5) is 4.39 Å². The van der Waals surface area contributed by atoms with Crippen LogP contribution >= 0.6 is 27.7 Å². The fourth-order valence-electron chi connectivity index (χ4n) is 1.13. The topological polar surface area (TPSA) is 67.8 Å². The van der Waals surface area contributed by atoms with Crippen LogP contribution in [0.3, 0.4) is 0 Å². The zero-order valence-corrected chi connectivity index (χ0v) is 11.5. The maximum Gasteiger partial charge on any atom is 0.171 e. The van der Waals surface area contributed by atoms with Gasteiger partial charge in [-0.1, -0.05) is 5.16 Å². The zero-order valence-electron chi connectivity index (χ0n) is 9.11. The number of nitrogens with two attached hydrogens (primary N) is 1. The van der Waals surface area contributed by atoms with Crippen molar-refractivity contribution in [2.24, 2.45) is 10.9 Å². The first kappa shape index (κ1) is 14.3. The van der Waals surface area contributed by atoms with E-state index in [-0.39, 0.29) is 10.3 Å². The van der Waals surface area contributed by atoms with E-state index in [0.717, 1.165) is 0 Å². The van der Waals surface area contributed by atoms with Gasteiger partial charge in [0.1, 0.15) is 0 Å². The first-order valence-electron chi connectivity index (χ1n) is 4.69. The summed E-state index contributed by atoms with van der Waals surface area (Å²) >= 11 is 4.43. The molecule has 0 aliphatic heterocycles. The van der Waals surface area contributed by atoms with E-state index in [9.17, 15) is 4.39 Å². The smallest absolute Gasteiger partial charge is 0.171 e. The third-order valence-electron chi connectivity index (χ3n) is 1.98. The van der Waals surface area contributed by atoms with Gasteiger partial charge in [0.05, 0.1) is 11.1 Å². The van der Waals surface area contributed by atoms with Crippen LogP contribution in [-0.4, -0.2) is 30.5 Å². The quantitative estimate of drug-likeness (QED) is 0.218. The predicted molar refractivity (Wildman–Crippen MR) is 69.2 cm³/mol. The lowest BCUT2D eigenvalue weighted by molar-refractivity contribution is 0.218. The molecule has 0 spiro atoms. The molecule has 0 aliphatic carbocycles. The van der Waals surface area contributed by atoms with Crippen molar-refractivity contribution in [3.8, 4) is 0 Å². The molecule has 0 amide bonds. The lowest BCUT2D eigenvalue weighted by atomic mass is 10.2. The molecule has 0 bridgehead atoms. The number of thioether (sulfide) groups is 1. The number of halogens is 2. The van der Waals surface area contributed by atoms with Gasteiger partial charge in [0, 0.05) is 23.3 Å². The Kier molecular flexibility index (Phi) is 5.73. The fraction of sp³-hybridized carbons (Fsp3) is 0.300. The molecule has 0 heterocycles. The van der Waals surface area contributed by atoms with Gasteiger partial charge in [0.15, 0.2) is 11.7 Å². The molecule has 0 unspecified atom stereocenters. The van der Waals surface area contributed by atoms with Crippen molar-refractivity contribution < 1.29 is 14.3 Å². The Balaban J connectivity index is 2.94. The Hall–Kier alpha value is -0.790. The largest absolute Gasteiger partial charge is 0.409 e. The summed E-state index contributed by atoms with van der Waals surface area (Å²) in [6.45, 7) is 0.545. The molecule has 0 aliphatic rings. The first-order valence-corrected chi connectivity index (χ1v) is 6.47. The summed E-state index contributed by atoms with van der Waals surface area (Å²) in [7, 11) is 1.59. The van der Waals surface area contributed by atoms with E-state index in [4.69, 9.17) is 15.7 Å². The maximum atomic E-state index is 13.9. The number of amidine groups is 1. The second kappa shape index (κ2) is 6.83. The highest BCUT2D eigenvalue weighted by atomic mass is 79.9. The minimum absolute atomic E-state index is 0.135. The summed E-state index contributed by atoms with van der Waals surface area (Å²) in [6, 6.07) is 3.19. The molecule has 17 heavy (non-hydrogen) atoms. The first-order chi connectivity index (χ1) is 8.11. The lowest BCUT2D eigenvalue weighted by Gasteiger charge is -2.08. The van der Waals surface area contributed by atoms with Gasteiger partial charge in [-0.3, -0.25) is 0 Å². The second-order valence-corrected chi connectivity index (χ2v) is 5.00. The maximum absolute atomic E-state index is 13.9. The van der Waals surface area contributed by atoms with Gasteiger partial charge < -0.3 is 15.7 Å². The van der Waals surface area contributed by atoms with E-state index in [1.165, 1.54) is 11.8 Å². The van der Waals surface area contributed by atoms with Gasteiger partial charge >= 0.3 is 0 Å². The van der Waals surface area contributed by atoms with Crippen LogP contribution in [-0.2, 0) is 4.74 Å². The fourth-order valence-corrected chi connectivity index (χ4v) is 2.67. The molecular formula is C10H12BrFN2O2S. The molecule has 4 nitrogen and oxygen atoms in total. The van der Waals surface area contributed by atoms with Gasteiger partial charge in [0.25, 0.3) is 0 Å². The van der Waals surface area contributed by atoms with Crippen LogP contribution in [0.15, 0.2) is 26.7 Å². The monoisotopic (exact) mass is 322 g/mol. The van der Waals surface area contributed by atoms with Crippen molar-refractivity contribution in [3.63, 3.8) is 0 Å². The molecule has 1 aromatic rings. The lowest BCUT2D eigenvalue weighted by Crippen LogP contribution is -2.14. The van der Waals surface area contributed by atoms with Crippen molar-refractivity contribution >= 4 is 33.5 Å². The SMILES string of the molecule is COCCSc1ccc(/C(N)=N/O)c(Br)c1F. The normalized spacial score (nSPS) is 11.8. The molecule has 0 saturated heterocycles. The number of methoxy groups -OCH3 is 1. The van der Waals surface area contributed by atoms with Crippen LogP contribution in [0.5, 0.6) is 0 Å². The third-order valence-corrected chi connectivity index (χ3v) is 3.75. The molecule has 0 atom stereocenters. The van der Waals surface area contributed by atoms with E-state index >= 15 is 0 Å². The highest BCUT2D eigenvalue weighted by Gasteiger charge is 2.14. The molecule has 0 aromatic heterocycles. The average Bonchev–Trinajstić information content (AvgIpc) is 2.34. The van der Waals surface area contributed by atoms with E-state index in [1.807, 2.05) is 0 Å². The van der Waals surface area contributed by atoms with Gasteiger partial charge in [-0.2, -0.15) is 0 Å². The van der Waals surface area contributed by atoms with E-state index < -0.39 is 5.82 Å². The highest BCUT2D eigenvalue weighted by Crippen LogP contribution is 2.29. The molecule has 0 fully saturated rings. The summed E-state index contributed by atoms with van der Waals surface area (Å²) in [5.74, 6) is 0.0994. The third kappa shape index (κ3) is 3.58. The summed E-state index contributed by atoms with van der Waals surface area (Å²) in [4.78, 5) is 0.489. The molecule has 0 saturated carbocycles. The van der Waals surface area contributed by atoms with Gasteiger partial charge in [-0.05, 0) is 28.1 Å². The Bertz CT molecular complexity index is 429. The number of ether oxygens (including phenoxy) is 1. The molecule has 0 radical (unpaired) electrons. The van der Waals surface area contributed by atoms with Gasteiger partial charge in [-0.25, -0.2) is 4.39 Å². The molecule has 1 rings (SSSR count). The second-order valence-electron chi connectivity index (χ2n) is 3.07. The van der Waals surface area contributed by atoms with Crippen LogP contribution in [0.2, 0.25) is 0 Å². The predicted octanol–water partition coefficient (Wildman–Crippen LogP) is 2.42. The van der Waals surface area contributed by atoms with Crippen molar-refractivity contribution in [2.75, 3.05) is 19.5 Å². The minimum Gasteiger partial charge on any atom is -0.409 e. The minimum atomic E-state index is -0.421. The number of benzene rings is 1. The molecule has 94 valence electrons. The number of hydrogen-bond acceptors (Lipinski definition) is 4. The standard InChI is InChI=1S/C10H12BrFN2O2S/c1-16-4-5-17-7-3-2-6(10(13)14-15)8(11)9(7)12/h2-3,15H,4-5H2,1H3,(H2,13,14). The van der Waals surface area contributed by atoms with Crippen LogP contribution in [0.25, 0.3) is 0 Å². The van der Waals surface area contributed by atoms with E-state index in [1.54, 1.807) is 19.2 Å². The van der Waals surface area contributed by atoms with Crippen molar-refractivity contribution in [1.82, 2.24) is 0 Å². The Labute approximate surface area is 111 Å². The van der Waals surface area contributed by atoms with Gasteiger partial charge in [-0.15, -0.1) is 11.8 Å². The summed E-state index contributed by atoms with van der Waals surface area (Å²) in [5.41, 5.74) is 5.73. The summed E-state index contributed by atoms with van der Waals surface area (Å²) in [6.07, 6.45) is 0. The Morgan fingerprint density at radius 3 is 2.94 bits per heavy atom. The Morgan fingerprint density at radius 1 is 1.65 bits per heavy atom.